The first-order chi connectivity index (χ1) is 9.04. The van der Waals surface area contributed by atoms with Crippen LogP contribution < -0.4 is 0 Å². The van der Waals surface area contributed by atoms with Gasteiger partial charge in [0.05, 0.1) is 0 Å². The second-order valence-corrected chi connectivity index (χ2v) is 6.02. The fourth-order valence-electron chi connectivity index (χ4n) is 2.84. The Morgan fingerprint density at radius 3 is 2.74 bits per heavy atom. The molecule has 0 spiro atoms. The van der Waals surface area contributed by atoms with Gasteiger partial charge < -0.3 is 10.0 Å². The molecule has 1 N–H and O–H groups in total. The van der Waals surface area contributed by atoms with Crippen LogP contribution >= 0.6 is 11.8 Å². The van der Waals surface area contributed by atoms with Crippen LogP contribution in [0.25, 0.3) is 0 Å². The Morgan fingerprint density at radius 2 is 2.11 bits per heavy atom. The van der Waals surface area contributed by atoms with Gasteiger partial charge >= 0.3 is 5.97 Å². The minimum atomic E-state index is -0.980. The van der Waals surface area contributed by atoms with E-state index >= 15 is 0 Å². The van der Waals surface area contributed by atoms with Gasteiger partial charge in [0.25, 0.3) is 0 Å². The maximum atomic E-state index is 13.0. The van der Waals surface area contributed by atoms with E-state index in [1.807, 2.05) is 0 Å². The summed E-state index contributed by atoms with van der Waals surface area (Å²) in [6, 6.07) is 5.18. The number of nitrogens with zero attached hydrogens (tertiary/aromatic N) is 1. The highest BCUT2D eigenvalue weighted by molar-refractivity contribution is 8.00. The van der Waals surface area contributed by atoms with Gasteiger partial charge in [-0.2, -0.15) is 0 Å². The van der Waals surface area contributed by atoms with Gasteiger partial charge in [0.15, 0.2) is 0 Å². The van der Waals surface area contributed by atoms with Crippen molar-refractivity contribution in [1.29, 1.82) is 0 Å². The van der Waals surface area contributed by atoms with Crippen molar-refractivity contribution in [3.8, 4) is 0 Å². The van der Waals surface area contributed by atoms with Crippen molar-refractivity contribution in [2.75, 3.05) is 5.75 Å². The SMILES string of the molecule is O=C(O)[C@H]1CS[C@@]2(c3ccc(F)cc3)CCC(=O)N12. The number of benzene rings is 1. The summed E-state index contributed by atoms with van der Waals surface area (Å²) in [6.07, 6.45) is 0.917. The number of halogens is 1. The minimum absolute atomic E-state index is 0.137. The van der Waals surface area contributed by atoms with E-state index in [4.69, 9.17) is 0 Å². The van der Waals surface area contributed by atoms with E-state index < -0.39 is 16.9 Å². The first kappa shape index (κ1) is 12.5. The largest absolute Gasteiger partial charge is 0.480 e. The second-order valence-electron chi connectivity index (χ2n) is 4.72. The number of thioether (sulfide) groups is 1. The Hall–Kier alpha value is -1.56. The first-order valence-electron chi connectivity index (χ1n) is 5.99. The number of rotatable bonds is 2. The van der Waals surface area contributed by atoms with Crippen LogP contribution in [0.1, 0.15) is 18.4 Å². The van der Waals surface area contributed by atoms with Crippen molar-refractivity contribution in [2.45, 2.75) is 23.8 Å². The normalized spacial score (nSPS) is 29.6. The van der Waals surface area contributed by atoms with E-state index in [2.05, 4.69) is 0 Å². The number of fused-ring (bicyclic) bond motifs is 1. The number of amides is 1. The highest BCUT2D eigenvalue weighted by Gasteiger charge is 2.56. The third-order valence-electron chi connectivity index (χ3n) is 3.71. The van der Waals surface area contributed by atoms with Crippen LogP contribution in [0.4, 0.5) is 4.39 Å². The van der Waals surface area contributed by atoms with Crippen LogP contribution in [0.2, 0.25) is 0 Å². The highest BCUT2D eigenvalue weighted by atomic mass is 32.2. The lowest BCUT2D eigenvalue weighted by Gasteiger charge is -2.33. The topological polar surface area (TPSA) is 57.6 Å². The molecule has 6 heteroatoms. The number of carbonyl (C=O) groups excluding carboxylic acids is 1. The summed E-state index contributed by atoms with van der Waals surface area (Å²) in [5.74, 6) is -1.08. The van der Waals surface area contributed by atoms with Gasteiger partial charge in [-0.25, -0.2) is 9.18 Å². The summed E-state index contributed by atoms with van der Waals surface area (Å²) in [5.41, 5.74) is 0.800. The van der Waals surface area contributed by atoms with E-state index in [1.165, 1.54) is 28.8 Å². The number of hydrogen-bond donors (Lipinski definition) is 1. The van der Waals surface area contributed by atoms with Crippen LogP contribution in [0.15, 0.2) is 24.3 Å². The molecule has 2 saturated heterocycles. The molecule has 2 heterocycles. The van der Waals surface area contributed by atoms with Gasteiger partial charge in [0.1, 0.15) is 16.7 Å². The molecule has 2 fully saturated rings. The summed E-state index contributed by atoms with van der Waals surface area (Å²) in [4.78, 5) is 24.1. The van der Waals surface area contributed by atoms with Gasteiger partial charge in [-0.1, -0.05) is 12.1 Å². The Bertz CT molecular complexity index is 547. The average Bonchev–Trinajstić information content (AvgIpc) is 2.90. The molecule has 0 bridgehead atoms. The second kappa shape index (κ2) is 4.23. The van der Waals surface area contributed by atoms with Gasteiger partial charge in [-0.3, -0.25) is 4.79 Å². The number of carboxylic acid groups (broad SMARTS) is 1. The standard InChI is InChI=1S/C13H12FNO3S/c14-9-3-1-8(2-4-9)13-6-5-11(16)15(13)10(7-19-13)12(17)18/h1-4,10H,5-7H2,(H,17,18)/t10-,13-/m1/s1. The van der Waals surface area contributed by atoms with Crippen LogP contribution in [0, 0.1) is 5.82 Å². The van der Waals surface area contributed by atoms with Crippen molar-refractivity contribution in [3.05, 3.63) is 35.6 Å². The van der Waals surface area contributed by atoms with E-state index in [-0.39, 0.29) is 11.7 Å². The Kier molecular flexibility index (Phi) is 2.78. The quantitative estimate of drug-likeness (QED) is 0.898. The van der Waals surface area contributed by atoms with Crippen LogP contribution in [-0.2, 0) is 14.5 Å². The lowest BCUT2D eigenvalue weighted by molar-refractivity contribution is -0.148. The van der Waals surface area contributed by atoms with Crippen molar-refractivity contribution < 1.29 is 19.1 Å². The van der Waals surface area contributed by atoms with Crippen molar-refractivity contribution in [1.82, 2.24) is 4.90 Å². The molecule has 0 aromatic heterocycles. The van der Waals surface area contributed by atoms with Crippen molar-refractivity contribution in [3.63, 3.8) is 0 Å². The maximum Gasteiger partial charge on any atom is 0.327 e. The maximum absolute atomic E-state index is 13.0. The first-order valence-corrected chi connectivity index (χ1v) is 6.98. The zero-order chi connectivity index (χ0) is 13.6. The van der Waals surface area contributed by atoms with Gasteiger partial charge in [0, 0.05) is 12.2 Å². The lowest BCUT2D eigenvalue weighted by Crippen LogP contribution is -2.45. The van der Waals surface area contributed by atoms with E-state index in [9.17, 15) is 19.1 Å². The molecule has 0 saturated carbocycles. The predicted octanol–water partition coefficient (Wildman–Crippen LogP) is 1.80. The molecule has 2 atom stereocenters. The molecule has 1 amide bonds. The molecular weight excluding hydrogens is 269 g/mol. The molecule has 100 valence electrons. The summed E-state index contributed by atoms with van der Waals surface area (Å²) in [7, 11) is 0. The van der Waals surface area contributed by atoms with Gasteiger partial charge in [-0.05, 0) is 24.1 Å². The average molecular weight is 281 g/mol. The van der Waals surface area contributed by atoms with E-state index in [0.29, 0.717) is 18.6 Å². The zero-order valence-electron chi connectivity index (χ0n) is 10.0. The third-order valence-corrected chi connectivity index (χ3v) is 5.30. The summed E-state index contributed by atoms with van der Waals surface area (Å²) < 4.78 is 13.0. The molecular formula is C13H12FNO3S. The smallest absolute Gasteiger partial charge is 0.327 e. The Labute approximate surface area is 113 Å². The van der Waals surface area contributed by atoms with Crippen molar-refractivity contribution >= 4 is 23.6 Å². The fraction of sp³-hybridized carbons (Fsp3) is 0.385. The van der Waals surface area contributed by atoms with Crippen molar-refractivity contribution in [2.24, 2.45) is 0 Å². The number of aliphatic carboxylic acids is 1. The van der Waals surface area contributed by atoms with E-state index in [0.717, 1.165) is 5.56 Å². The molecule has 4 nitrogen and oxygen atoms in total. The van der Waals surface area contributed by atoms with Crippen LogP contribution in [0.5, 0.6) is 0 Å². The van der Waals surface area contributed by atoms with Gasteiger partial charge in [-0.15, -0.1) is 11.8 Å². The summed E-state index contributed by atoms with van der Waals surface area (Å²) >= 11 is 1.46. The highest BCUT2D eigenvalue weighted by Crippen LogP contribution is 2.54. The molecule has 2 aliphatic rings. The summed E-state index contributed by atoms with van der Waals surface area (Å²) in [6.45, 7) is 0. The predicted molar refractivity (Wildman–Crippen MR) is 68.0 cm³/mol. The number of carbonyl (C=O) groups is 2. The molecule has 0 unspecified atom stereocenters. The Balaban J connectivity index is 2.05. The summed E-state index contributed by atoms with van der Waals surface area (Å²) in [5, 5.41) is 9.22. The Morgan fingerprint density at radius 1 is 1.42 bits per heavy atom. The molecule has 1 aromatic carbocycles. The molecule has 3 rings (SSSR count). The van der Waals surface area contributed by atoms with Crippen LogP contribution in [0.3, 0.4) is 0 Å². The third kappa shape index (κ3) is 1.74. The lowest BCUT2D eigenvalue weighted by atomic mass is 10.0. The fourth-order valence-corrected chi connectivity index (χ4v) is 4.48. The molecule has 19 heavy (non-hydrogen) atoms. The van der Waals surface area contributed by atoms with Gasteiger partial charge in [0.2, 0.25) is 5.91 Å². The molecule has 0 radical (unpaired) electrons. The molecule has 0 aliphatic carbocycles. The minimum Gasteiger partial charge on any atom is -0.480 e. The monoisotopic (exact) mass is 281 g/mol. The number of carboxylic acids is 1. The molecule has 1 aromatic rings. The number of hydrogen-bond acceptors (Lipinski definition) is 3. The van der Waals surface area contributed by atoms with Crippen LogP contribution in [-0.4, -0.2) is 33.7 Å². The zero-order valence-corrected chi connectivity index (χ0v) is 10.8. The van der Waals surface area contributed by atoms with E-state index in [1.54, 1.807) is 12.1 Å². The molecule has 2 aliphatic heterocycles.